The number of nitrogens with one attached hydrogen (secondary N) is 1. The van der Waals surface area contributed by atoms with Gasteiger partial charge in [0.1, 0.15) is 0 Å². The molecule has 1 aromatic rings. The van der Waals surface area contributed by atoms with Crippen molar-refractivity contribution in [2.75, 3.05) is 19.6 Å². The topological polar surface area (TPSA) is 32.3 Å². The highest BCUT2D eigenvalue weighted by molar-refractivity contribution is 6.31. The predicted molar refractivity (Wildman–Crippen MR) is 82.8 cm³/mol. The van der Waals surface area contributed by atoms with Crippen molar-refractivity contribution in [3.05, 3.63) is 34.9 Å². The maximum atomic E-state index is 12.6. The van der Waals surface area contributed by atoms with E-state index in [9.17, 15) is 4.79 Å². The highest BCUT2D eigenvalue weighted by atomic mass is 35.5. The van der Waals surface area contributed by atoms with Crippen molar-refractivity contribution >= 4 is 17.5 Å². The summed E-state index contributed by atoms with van der Waals surface area (Å²) in [5.74, 6) is 0.401. The number of hydrogen-bond acceptors (Lipinski definition) is 2. The second kappa shape index (κ2) is 7.65. The maximum absolute atomic E-state index is 12.6. The van der Waals surface area contributed by atoms with E-state index in [0.29, 0.717) is 6.54 Å². The van der Waals surface area contributed by atoms with Crippen LogP contribution >= 0.6 is 11.6 Å². The molecule has 0 aliphatic carbocycles. The van der Waals surface area contributed by atoms with Gasteiger partial charge in [-0.2, -0.15) is 0 Å². The molecule has 1 unspecified atom stereocenters. The van der Waals surface area contributed by atoms with Crippen LogP contribution in [0.1, 0.15) is 31.7 Å². The summed E-state index contributed by atoms with van der Waals surface area (Å²) in [6.45, 7) is 5.34. The van der Waals surface area contributed by atoms with Crippen molar-refractivity contribution in [3.63, 3.8) is 0 Å². The summed E-state index contributed by atoms with van der Waals surface area (Å²) in [4.78, 5) is 14.6. The third kappa shape index (κ3) is 3.97. The number of unbranched alkanes of at least 4 members (excludes halogenated alkanes) is 1. The minimum Gasteiger partial charge on any atom is -0.338 e. The number of benzene rings is 1. The molecule has 0 aromatic heterocycles. The molecule has 1 fully saturated rings. The molecule has 2 rings (SSSR count). The average molecular weight is 295 g/mol. The van der Waals surface area contributed by atoms with E-state index in [2.05, 4.69) is 12.2 Å². The van der Waals surface area contributed by atoms with Gasteiger partial charge in [-0.25, -0.2) is 0 Å². The monoisotopic (exact) mass is 294 g/mol. The minimum absolute atomic E-state index is 0.134. The first-order valence-corrected chi connectivity index (χ1v) is 7.83. The van der Waals surface area contributed by atoms with Crippen LogP contribution in [-0.2, 0) is 11.3 Å². The molecule has 1 N–H and O–H groups in total. The summed E-state index contributed by atoms with van der Waals surface area (Å²) in [7, 11) is 0. The number of amides is 1. The SMILES string of the molecule is CCCCN(Cc1ccccc1Cl)C(=O)C1CCNC1. The number of nitrogens with zero attached hydrogens (tertiary/aromatic N) is 1. The Balaban J connectivity index is 2.06. The number of halogens is 1. The van der Waals surface area contributed by atoms with Gasteiger partial charge in [0.2, 0.25) is 5.91 Å². The zero-order chi connectivity index (χ0) is 14.4. The van der Waals surface area contributed by atoms with E-state index in [0.717, 1.165) is 49.5 Å². The van der Waals surface area contributed by atoms with Crippen molar-refractivity contribution in [2.45, 2.75) is 32.7 Å². The third-order valence-corrected chi connectivity index (χ3v) is 4.19. The summed E-state index contributed by atoms with van der Waals surface area (Å²) in [6, 6.07) is 7.78. The van der Waals surface area contributed by atoms with Gasteiger partial charge >= 0.3 is 0 Å². The van der Waals surface area contributed by atoms with Crippen LogP contribution < -0.4 is 5.32 Å². The van der Waals surface area contributed by atoms with Crippen LogP contribution in [0.15, 0.2) is 24.3 Å². The summed E-state index contributed by atoms with van der Waals surface area (Å²) < 4.78 is 0. The zero-order valence-electron chi connectivity index (χ0n) is 12.1. The van der Waals surface area contributed by atoms with Gasteiger partial charge in [-0.1, -0.05) is 43.1 Å². The Kier molecular flexibility index (Phi) is 5.86. The molecular weight excluding hydrogens is 272 g/mol. The number of rotatable bonds is 6. The Hall–Kier alpha value is -1.06. The molecule has 1 heterocycles. The largest absolute Gasteiger partial charge is 0.338 e. The van der Waals surface area contributed by atoms with Gasteiger partial charge in [-0.3, -0.25) is 4.79 Å². The van der Waals surface area contributed by atoms with Gasteiger partial charge in [0, 0.05) is 24.7 Å². The number of hydrogen-bond donors (Lipinski definition) is 1. The quantitative estimate of drug-likeness (QED) is 0.874. The van der Waals surface area contributed by atoms with Crippen molar-refractivity contribution in [1.82, 2.24) is 10.2 Å². The van der Waals surface area contributed by atoms with Crippen LogP contribution in [0.2, 0.25) is 5.02 Å². The number of carbonyl (C=O) groups excluding carboxylic acids is 1. The Bertz CT molecular complexity index is 444. The molecule has 0 saturated carbocycles. The Morgan fingerprint density at radius 1 is 1.45 bits per heavy atom. The second-order valence-corrected chi connectivity index (χ2v) is 5.80. The molecule has 1 amide bonds. The first kappa shape index (κ1) is 15.3. The molecular formula is C16H23ClN2O. The molecule has 4 heteroatoms. The highest BCUT2D eigenvalue weighted by Gasteiger charge is 2.27. The summed E-state index contributed by atoms with van der Waals surface area (Å²) in [5.41, 5.74) is 1.03. The molecule has 1 aromatic carbocycles. The predicted octanol–water partition coefficient (Wildman–Crippen LogP) is 3.08. The summed E-state index contributed by atoms with van der Waals surface area (Å²) >= 11 is 6.22. The van der Waals surface area contributed by atoms with E-state index < -0.39 is 0 Å². The fraction of sp³-hybridized carbons (Fsp3) is 0.562. The van der Waals surface area contributed by atoms with E-state index >= 15 is 0 Å². The smallest absolute Gasteiger partial charge is 0.227 e. The standard InChI is InChI=1S/C16H23ClN2O/c1-2-3-10-19(16(20)13-8-9-18-11-13)12-14-6-4-5-7-15(14)17/h4-7,13,18H,2-3,8-12H2,1H3. The van der Waals surface area contributed by atoms with Crippen LogP contribution in [0.5, 0.6) is 0 Å². The average Bonchev–Trinajstić information content (AvgIpc) is 2.99. The van der Waals surface area contributed by atoms with E-state index in [4.69, 9.17) is 11.6 Å². The molecule has 0 bridgehead atoms. The zero-order valence-corrected chi connectivity index (χ0v) is 12.8. The van der Waals surface area contributed by atoms with E-state index in [-0.39, 0.29) is 11.8 Å². The molecule has 1 saturated heterocycles. The Labute approximate surface area is 126 Å². The van der Waals surface area contributed by atoms with Gasteiger partial charge in [0.05, 0.1) is 5.92 Å². The fourth-order valence-electron chi connectivity index (χ4n) is 2.57. The Morgan fingerprint density at radius 3 is 2.90 bits per heavy atom. The summed E-state index contributed by atoms with van der Waals surface area (Å²) in [5, 5.41) is 4.01. The van der Waals surface area contributed by atoms with Crippen molar-refractivity contribution < 1.29 is 4.79 Å². The number of carbonyl (C=O) groups is 1. The van der Waals surface area contributed by atoms with Crippen LogP contribution in [-0.4, -0.2) is 30.4 Å². The van der Waals surface area contributed by atoms with Gasteiger partial charge < -0.3 is 10.2 Å². The lowest BCUT2D eigenvalue weighted by Gasteiger charge is -2.26. The van der Waals surface area contributed by atoms with Crippen LogP contribution in [0, 0.1) is 5.92 Å². The molecule has 1 atom stereocenters. The Morgan fingerprint density at radius 2 is 2.25 bits per heavy atom. The van der Waals surface area contributed by atoms with Crippen molar-refractivity contribution in [2.24, 2.45) is 5.92 Å². The van der Waals surface area contributed by atoms with Crippen molar-refractivity contribution in [1.29, 1.82) is 0 Å². The minimum atomic E-state index is 0.134. The molecule has 20 heavy (non-hydrogen) atoms. The van der Waals surface area contributed by atoms with Crippen LogP contribution in [0.25, 0.3) is 0 Å². The van der Waals surface area contributed by atoms with E-state index in [1.165, 1.54) is 0 Å². The molecule has 110 valence electrons. The third-order valence-electron chi connectivity index (χ3n) is 3.82. The molecule has 1 aliphatic heterocycles. The second-order valence-electron chi connectivity index (χ2n) is 5.39. The van der Waals surface area contributed by atoms with Gasteiger partial charge in [-0.05, 0) is 31.0 Å². The first-order chi connectivity index (χ1) is 9.72. The lowest BCUT2D eigenvalue weighted by atomic mass is 10.1. The molecule has 3 nitrogen and oxygen atoms in total. The van der Waals surface area contributed by atoms with E-state index in [1.807, 2.05) is 29.2 Å². The normalized spacial score (nSPS) is 18.2. The van der Waals surface area contributed by atoms with E-state index in [1.54, 1.807) is 0 Å². The lowest BCUT2D eigenvalue weighted by molar-refractivity contribution is -0.135. The van der Waals surface area contributed by atoms with Gasteiger partial charge in [0.25, 0.3) is 0 Å². The molecule has 0 spiro atoms. The maximum Gasteiger partial charge on any atom is 0.227 e. The van der Waals surface area contributed by atoms with Crippen molar-refractivity contribution in [3.8, 4) is 0 Å². The van der Waals surface area contributed by atoms with Crippen LogP contribution in [0.4, 0.5) is 0 Å². The van der Waals surface area contributed by atoms with Crippen LogP contribution in [0.3, 0.4) is 0 Å². The molecule has 0 radical (unpaired) electrons. The first-order valence-electron chi connectivity index (χ1n) is 7.45. The fourth-order valence-corrected chi connectivity index (χ4v) is 2.77. The summed E-state index contributed by atoms with van der Waals surface area (Å²) in [6.07, 6.45) is 3.08. The van der Waals surface area contributed by atoms with Gasteiger partial charge in [0.15, 0.2) is 0 Å². The lowest BCUT2D eigenvalue weighted by Crippen LogP contribution is -2.37. The highest BCUT2D eigenvalue weighted by Crippen LogP contribution is 2.20. The molecule has 1 aliphatic rings. The van der Waals surface area contributed by atoms with Gasteiger partial charge in [-0.15, -0.1) is 0 Å².